The number of rotatable bonds is 5. The molecule has 0 spiro atoms. The van der Waals surface area contributed by atoms with Gasteiger partial charge < -0.3 is 15.2 Å². The van der Waals surface area contributed by atoms with E-state index in [-0.39, 0.29) is 6.04 Å². The number of hydrogen-bond acceptors (Lipinski definition) is 4. The summed E-state index contributed by atoms with van der Waals surface area (Å²) >= 11 is 0. The van der Waals surface area contributed by atoms with E-state index >= 15 is 0 Å². The lowest BCUT2D eigenvalue weighted by molar-refractivity contribution is -0.0205. The third kappa shape index (κ3) is 4.37. The Morgan fingerprint density at radius 3 is 3.07 bits per heavy atom. The number of morpholine rings is 1. The Labute approximate surface area is 86.3 Å². The lowest BCUT2D eigenvalue weighted by atomic mass is 10.2. The highest BCUT2D eigenvalue weighted by Crippen LogP contribution is 2.05. The zero-order valence-corrected chi connectivity index (χ0v) is 9.24. The number of nitrogens with zero attached hydrogens (tertiary/aromatic N) is 1. The summed E-state index contributed by atoms with van der Waals surface area (Å²) in [4.78, 5) is 2.37. The maximum absolute atomic E-state index is 5.97. The van der Waals surface area contributed by atoms with Gasteiger partial charge in [-0.25, -0.2) is 0 Å². The highest BCUT2D eigenvalue weighted by atomic mass is 16.5. The minimum absolute atomic E-state index is 0.222. The van der Waals surface area contributed by atoms with Crippen LogP contribution in [-0.2, 0) is 9.47 Å². The van der Waals surface area contributed by atoms with Crippen molar-refractivity contribution in [3.05, 3.63) is 0 Å². The smallest absolute Gasteiger partial charge is 0.0674 e. The predicted octanol–water partition coefficient (Wildman–Crippen LogP) is 0.0709. The van der Waals surface area contributed by atoms with Gasteiger partial charge in [0.2, 0.25) is 0 Å². The summed E-state index contributed by atoms with van der Waals surface area (Å²) in [6.07, 6.45) is 1.28. The summed E-state index contributed by atoms with van der Waals surface area (Å²) in [5.41, 5.74) is 5.97. The summed E-state index contributed by atoms with van der Waals surface area (Å²) in [7, 11) is 1.71. The Morgan fingerprint density at radius 1 is 1.64 bits per heavy atom. The van der Waals surface area contributed by atoms with Gasteiger partial charge in [-0.05, 0) is 13.3 Å². The van der Waals surface area contributed by atoms with Crippen LogP contribution in [0.4, 0.5) is 0 Å². The van der Waals surface area contributed by atoms with Crippen molar-refractivity contribution in [3.8, 4) is 0 Å². The molecule has 1 saturated heterocycles. The van der Waals surface area contributed by atoms with Gasteiger partial charge >= 0.3 is 0 Å². The Morgan fingerprint density at radius 2 is 2.43 bits per heavy atom. The average molecular weight is 202 g/mol. The van der Waals surface area contributed by atoms with E-state index in [1.807, 2.05) is 0 Å². The normalized spacial score (nSPS) is 26.4. The van der Waals surface area contributed by atoms with Crippen molar-refractivity contribution >= 4 is 0 Å². The quantitative estimate of drug-likeness (QED) is 0.685. The number of methoxy groups -OCH3 is 1. The van der Waals surface area contributed by atoms with Crippen LogP contribution in [0.25, 0.3) is 0 Å². The summed E-state index contributed by atoms with van der Waals surface area (Å²) in [5, 5.41) is 0. The van der Waals surface area contributed by atoms with Crippen LogP contribution < -0.4 is 5.73 Å². The number of ether oxygens (including phenoxy) is 2. The van der Waals surface area contributed by atoms with Crippen LogP contribution in [0, 0.1) is 0 Å². The highest BCUT2D eigenvalue weighted by molar-refractivity contribution is 4.73. The first-order valence-corrected chi connectivity index (χ1v) is 5.31. The fourth-order valence-corrected chi connectivity index (χ4v) is 1.75. The van der Waals surface area contributed by atoms with Crippen molar-refractivity contribution < 1.29 is 9.47 Å². The van der Waals surface area contributed by atoms with Gasteiger partial charge in [-0.15, -0.1) is 0 Å². The molecule has 1 aliphatic rings. The molecule has 0 aromatic rings. The lowest BCUT2D eigenvalue weighted by Gasteiger charge is -2.32. The van der Waals surface area contributed by atoms with E-state index in [2.05, 4.69) is 11.8 Å². The van der Waals surface area contributed by atoms with Gasteiger partial charge in [-0.1, -0.05) is 0 Å². The van der Waals surface area contributed by atoms with Crippen molar-refractivity contribution in [1.29, 1.82) is 0 Å². The minimum Gasteiger partial charge on any atom is -0.385 e. The maximum atomic E-state index is 5.97. The molecule has 4 heteroatoms. The molecule has 2 N–H and O–H groups in total. The molecular weight excluding hydrogens is 180 g/mol. The standard InChI is InChI=1S/C10H22N2O2/c1-9-7-12(4-6-14-9)8-10(11)3-5-13-2/h9-10H,3-8,11H2,1-2H3. The monoisotopic (exact) mass is 202 g/mol. The van der Waals surface area contributed by atoms with E-state index in [0.717, 1.165) is 39.3 Å². The molecule has 0 aliphatic carbocycles. The van der Waals surface area contributed by atoms with Gasteiger partial charge in [-0.3, -0.25) is 4.90 Å². The topological polar surface area (TPSA) is 47.7 Å². The Bertz CT molecular complexity index is 155. The molecule has 1 fully saturated rings. The molecular formula is C10H22N2O2. The third-order valence-corrected chi connectivity index (χ3v) is 2.51. The molecule has 0 saturated carbocycles. The second-order valence-corrected chi connectivity index (χ2v) is 3.98. The van der Waals surface area contributed by atoms with Gasteiger partial charge in [0.25, 0.3) is 0 Å². The first kappa shape index (κ1) is 11.9. The van der Waals surface area contributed by atoms with Gasteiger partial charge in [0.1, 0.15) is 0 Å². The van der Waals surface area contributed by atoms with E-state index in [1.165, 1.54) is 0 Å². The highest BCUT2D eigenvalue weighted by Gasteiger charge is 2.18. The summed E-state index contributed by atoms with van der Waals surface area (Å²) < 4.78 is 10.5. The zero-order valence-electron chi connectivity index (χ0n) is 9.24. The first-order valence-electron chi connectivity index (χ1n) is 5.31. The van der Waals surface area contributed by atoms with Crippen molar-refractivity contribution in [2.75, 3.05) is 40.0 Å². The summed E-state index contributed by atoms with van der Waals surface area (Å²) in [6, 6.07) is 0.222. The summed E-state index contributed by atoms with van der Waals surface area (Å²) in [5.74, 6) is 0. The molecule has 1 rings (SSSR count). The number of nitrogens with two attached hydrogens (primary N) is 1. The molecule has 2 unspecified atom stereocenters. The van der Waals surface area contributed by atoms with Gasteiger partial charge in [0.05, 0.1) is 12.7 Å². The average Bonchev–Trinajstić information content (AvgIpc) is 2.15. The van der Waals surface area contributed by atoms with Crippen molar-refractivity contribution in [2.24, 2.45) is 5.73 Å². The van der Waals surface area contributed by atoms with E-state index < -0.39 is 0 Å². The van der Waals surface area contributed by atoms with Crippen molar-refractivity contribution in [1.82, 2.24) is 4.90 Å². The largest absolute Gasteiger partial charge is 0.385 e. The Kier molecular flexibility index (Phi) is 5.40. The molecule has 0 aromatic heterocycles. The minimum atomic E-state index is 0.222. The van der Waals surface area contributed by atoms with Gasteiger partial charge in [0, 0.05) is 39.4 Å². The predicted molar refractivity (Wildman–Crippen MR) is 56.3 cm³/mol. The van der Waals surface area contributed by atoms with Crippen molar-refractivity contribution in [2.45, 2.75) is 25.5 Å². The van der Waals surface area contributed by atoms with E-state index in [0.29, 0.717) is 6.10 Å². The molecule has 0 aromatic carbocycles. The second-order valence-electron chi connectivity index (χ2n) is 3.98. The molecule has 1 aliphatic heterocycles. The third-order valence-electron chi connectivity index (χ3n) is 2.51. The first-order chi connectivity index (χ1) is 6.72. The molecule has 84 valence electrons. The van der Waals surface area contributed by atoms with E-state index in [9.17, 15) is 0 Å². The van der Waals surface area contributed by atoms with Crippen LogP contribution in [0.15, 0.2) is 0 Å². The lowest BCUT2D eigenvalue weighted by Crippen LogP contribution is -2.46. The molecule has 0 bridgehead atoms. The second kappa shape index (κ2) is 6.35. The Hall–Kier alpha value is -0.160. The fraction of sp³-hybridized carbons (Fsp3) is 1.00. The number of hydrogen-bond donors (Lipinski definition) is 1. The van der Waals surface area contributed by atoms with Crippen LogP contribution in [0.2, 0.25) is 0 Å². The van der Waals surface area contributed by atoms with Crippen molar-refractivity contribution in [3.63, 3.8) is 0 Å². The van der Waals surface area contributed by atoms with Gasteiger partial charge in [-0.2, -0.15) is 0 Å². The van der Waals surface area contributed by atoms with E-state index in [4.69, 9.17) is 15.2 Å². The zero-order chi connectivity index (χ0) is 10.4. The van der Waals surface area contributed by atoms with Crippen LogP contribution in [0.1, 0.15) is 13.3 Å². The van der Waals surface area contributed by atoms with Crippen LogP contribution >= 0.6 is 0 Å². The Balaban J connectivity index is 2.15. The molecule has 2 atom stereocenters. The summed E-state index contributed by atoms with van der Waals surface area (Å²) in [6.45, 7) is 6.65. The molecule has 0 amide bonds. The van der Waals surface area contributed by atoms with Crippen LogP contribution in [0.5, 0.6) is 0 Å². The molecule has 0 radical (unpaired) electrons. The molecule has 4 nitrogen and oxygen atoms in total. The van der Waals surface area contributed by atoms with Gasteiger partial charge in [0.15, 0.2) is 0 Å². The van der Waals surface area contributed by atoms with Crippen LogP contribution in [0.3, 0.4) is 0 Å². The fourth-order valence-electron chi connectivity index (χ4n) is 1.75. The molecule has 14 heavy (non-hydrogen) atoms. The van der Waals surface area contributed by atoms with E-state index in [1.54, 1.807) is 7.11 Å². The maximum Gasteiger partial charge on any atom is 0.0674 e. The van der Waals surface area contributed by atoms with Crippen LogP contribution in [-0.4, -0.2) is 57.0 Å². The molecule has 1 heterocycles. The SMILES string of the molecule is COCCC(N)CN1CCOC(C)C1.